The van der Waals surface area contributed by atoms with Crippen LogP contribution in [0.1, 0.15) is 16.1 Å². The fourth-order valence-electron chi connectivity index (χ4n) is 1.53. The number of carbonyl (C=O) groups is 1. The van der Waals surface area contributed by atoms with Crippen LogP contribution in [0.25, 0.3) is 0 Å². The Bertz CT molecular complexity index is 599. The van der Waals surface area contributed by atoms with E-state index in [2.05, 4.69) is 4.98 Å². The summed E-state index contributed by atoms with van der Waals surface area (Å²) < 4.78 is 0. The molecule has 0 amide bonds. The zero-order valence-corrected chi connectivity index (χ0v) is 11.4. The lowest BCUT2D eigenvalue weighted by atomic mass is 10.1. The maximum absolute atomic E-state index is 12.0. The molecule has 92 valence electrons. The highest BCUT2D eigenvalue weighted by Gasteiger charge is 2.14. The van der Waals surface area contributed by atoms with E-state index in [-0.39, 0.29) is 17.9 Å². The predicted molar refractivity (Wildman–Crippen MR) is 73.7 cm³/mol. The molecule has 2 aromatic rings. The van der Waals surface area contributed by atoms with E-state index in [1.165, 1.54) is 6.20 Å². The number of nitrogens with zero attached hydrogens (tertiary/aromatic N) is 1. The minimum Gasteiger partial charge on any atom is -0.292 e. The number of hydrogen-bond acceptors (Lipinski definition) is 2. The second-order valence-electron chi connectivity index (χ2n) is 3.67. The van der Waals surface area contributed by atoms with Crippen LogP contribution in [0.15, 0.2) is 36.5 Å². The van der Waals surface area contributed by atoms with E-state index >= 15 is 0 Å². The normalized spacial score (nSPS) is 10.4. The van der Waals surface area contributed by atoms with Gasteiger partial charge in [-0.1, -0.05) is 34.8 Å². The molecule has 0 aliphatic heterocycles. The van der Waals surface area contributed by atoms with Crippen molar-refractivity contribution in [3.05, 3.63) is 62.9 Å². The zero-order chi connectivity index (χ0) is 13.1. The first-order chi connectivity index (χ1) is 8.58. The molecule has 5 heteroatoms. The molecule has 0 radical (unpaired) electrons. The van der Waals surface area contributed by atoms with E-state index in [1.54, 1.807) is 30.3 Å². The molecule has 1 aromatic heterocycles. The summed E-state index contributed by atoms with van der Waals surface area (Å²) in [6, 6.07) is 8.30. The van der Waals surface area contributed by atoms with Crippen LogP contribution in [0.2, 0.25) is 15.1 Å². The van der Waals surface area contributed by atoms with Crippen molar-refractivity contribution in [3.8, 4) is 0 Å². The van der Waals surface area contributed by atoms with Crippen molar-refractivity contribution in [1.29, 1.82) is 0 Å². The van der Waals surface area contributed by atoms with E-state index in [4.69, 9.17) is 34.8 Å². The fourth-order valence-corrected chi connectivity index (χ4v) is 2.13. The van der Waals surface area contributed by atoms with Crippen molar-refractivity contribution in [1.82, 2.24) is 4.98 Å². The highest BCUT2D eigenvalue weighted by atomic mass is 35.5. The number of ketones is 1. The highest BCUT2D eigenvalue weighted by molar-refractivity contribution is 6.34. The molecule has 0 atom stereocenters. The summed E-state index contributed by atoms with van der Waals surface area (Å²) in [4.78, 5) is 16.0. The zero-order valence-electron chi connectivity index (χ0n) is 9.16. The lowest BCUT2D eigenvalue weighted by molar-refractivity contribution is 0.0988. The second kappa shape index (κ2) is 5.70. The Morgan fingerprint density at radius 2 is 1.89 bits per heavy atom. The van der Waals surface area contributed by atoms with E-state index in [9.17, 15) is 4.79 Å². The summed E-state index contributed by atoms with van der Waals surface area (Å²) in [5.41, 5.74) is 0.908. The van der Waals surface area contributed by atoms with Gasteiger partial charge in [-0.3, -0.25) is 9.78 Å². The third kappa shape index (κ3) is 3.02. The number of benzene rings is 1. The Morgan fingerprint density at radius 3 is 2.61 bits per heavy atom. The van der Waals surface area contributed by atoms with Gasteiger partial charge in [-0.2, -0.15) is 0 Å². The van der Waals surface area contributed by atoms with Crippen molar-refractivity contribution in [3.63, 3.8) is 0 Å². The lowest BCUT2D eigenvalue weighted by Gasteiger charge is -2.05. The van der Waals surface area contributed by atoms with Crippen LogP contribution in [-0.2, 0) is 6.42 Å². The van der Waals surface area contributed by atoms with Crippen molar-refractivity contribution in [2.75, 3.05) is 0 Å². The summed E-state index contributed by atoms with van der Waals surface area (Å²) in [6.07, 6.45) is 1.65. The number of Topliss-reactive ketones (excluding diaryl/α,β-unsaturated/α-hetero) is 1. The van der Waals surface area contributed by atoms with Crippen LogP contribution in [0.5, 0.6) is 0 Å². The first kappa shape index (κ1) is 13.3. The number of rotatable bonds is 3. The number of aromatic nitrogens is 1. The van der Waals surface area contributed by atoms with Crippen LogP contribution in [0, 0.1) is 0 Å². The minimum absolute atomic E-state index is 0.121. The Balaban J connectivity index is 2.27. The topological polar surface area (TPSA) is 30.0 Å². The summed E-state index contributed by atoms with van der Waals surface area (Å²) in [6.45, 7) is 0. The molecule has 0 bridgehead atoms. The Labute approximate surface area is 120 Å². The van der Waals surface area contributed by atoms with Gasteiger partial charge in [0.2, 0.25) is 0 Å². The van der Waals surface area contributed by atoms with Gasteiger partial charge in [-0.05, 0) is 35.9 Å². The Kier molecular flexibility index (Phi) is 4.23. The molecule has 0 aliphatic rings. The molecule has 0 unspecified atom stereocenters. The maximum Gasteiger partial charge on any atom is 0.187 e. The molecule has 18 heavy (non-hydrogen) atoms. The van der Waals surface area contributed by atoms with Gasteiger partial charge in [0.25, 0.3) is 0 Å². The summed E-state index contributed by atoms with van der Waals surface area (Å²) in [5.74, 6) is -0.190. The molecule has 0 fully saturated rings. The van der Waals surface area contributed by atoms with E-state index < -0.39 is 0 Å². The van der Waals surface area contributed by atoms with Gasteiger partial charge in [-0.15, -0.1) is 0 Å². The Morgan fingerprint density at radius 1 is 1.11 bits per heavy atom. The minimum atomic E-state index is -0.190. The van der Waals surface area contributed by atoms with Gasteiger partial charge < -0.3 is 0 Å². The predicted octanol–water partition coefficient (Wildman–Crippen LogP) is 4.47. The molecule has 0 saturated carbocycles. The fraction of sp³-hybridized carbons (Fsp3) is 0.0769. The van der Waals surface area contributed by atoms with Crippen molar-refractivity contribution in [2.45, 2.75) is 6.42 Å². The largest absolute Gasteiger partial charge is 0.292 e. The lowest BCUT2D eigenvalue weighted by Crippen LogP contribution is -2.07. The number of carbonyl (C=O) groups excluding carboxylic acids is 1. The summed E-state index contributed by atoms with van der Waals surface area (Å²) in [5, 5.41) is 1.37. The summed E-state index contributed by atoms with van der Waals surface area (Å²) >= 11 is 17.8. The van der Waals surface area contributed by atoms with Gasteiger partial charge in [0, 0.05) is 22.7 Å². The smallest absolute Gasteiger partial charge is 0.187 e. The standard InChI is InChI=1S/C13H8Cl3NO/c14-9-3-4-10(15)8(6-9)7-12(18)13-11(16)2-1-5-17-13/h1-6H,7H2. The number of pyridine rings is 1. The second-order valence-corrected chi connectivity index (χ2v) is 4.92. The quantitative estimate of drug-likeness (QED) is 0.783. The van der Waals surface area contributed by atoms with Crippen LogP contribution in [-0.4, -0.2) is 10.8 Å². The van der Waals surface area contributed by atoms with Gasteiger partial charge >= 0.3 is 0 Å². The molecule has 0 aliphatic carbocycles. The molecule has 1 heterocycles. The SMILES string of the molecule is O=C(Cc1cc(Cl)ccc1Cl)c1ncccc1Cl. The van der Waals surface area contributed by atoms with Gasteiger partial charge in [0.15, 0.2) is 5.78 Å². The van der Waals surface area contributed by atoms with E-state index in [0.717, 1.165) is 0 Å². The average Bonchev–Trinajstić information content (AvgIpc) is 2.34. The third-order valence-electron chi connectivity index (χ3n) is 2.38. The summed E-state index contributed by atoms with van der Waals surface area (Å²) in [7, 11) is 0. The van der Waals surface area contributed by atoms with Crippen LogP contribution >= 0.6 is 34.8 Å². The Hall–Kier alpha value is -1.09. The highest BCUT2D eigenvalue weighted by Crippen LogP contribution is 2.23. The maximum atomic E-state index is 12.0. The van der Waals surface area contributed by atoms with Crippen molar-refractivity contribution < 1.29 is 4.79 Å². The number of hydrogen-bond donors (Lipinski definition) is 0. The van der Waals surface area contributed by atoms with Gasteiger partial charge in [0.05, 0.1) is 5.02 Å². The van der Waals surface area contributed by atoms with Gasteiger partial charge in [-0.25, -0.2) is 0 Å². The van der Waals surface area contributed by atoms with Crippen LogP contribution in [0.4, 0.5) is 0 Å². The van der Waals surface area contributed by atoms with Crippen molar-refractivity contribution in [2.24, 2.45) is 0 Å². The monoisotopic (exact) mass is 299 g/mol. The van der Waals surface area contributed by atoms with Crippen LogP contribution < -0.4 is 0 Å². The molecular weight excluding hydrogens is 293 g/mol. The average molecular weight is 301 g/mol. The molecule has 0 saturated heterocycles. The molecule has 0 spiro atoms. The molecule has 2 nitrogen and oxygen atoms in total. The first-order valence-electron chi connectivity index (χ1n) is 5.15. The molecule has 0 N–H and O–H groups in total. The van der Waals surface area contributed by atoms with E-state index in [0.29, 0.717) is 20.6 Å². The number of halogens is 3. The molecular formula is C13H8Cl3NO. The third-order valence-corrected chi connectivity index (χ3v) is 3.29. The molecule has 1 aromatic carbocycles. The first-order valence-corrected chi connectivity index (χ1v) is 6.29. The molecule has 2 rings (SSSR count). The van der Waals surface area contributed by atoms with E-state index in [1.807, 2.05) is 0 Å². The van der Waals surface area contributed by atoms with Gasteiger partial charge in [0.1, 0.15) is 5.69 Å². The van der Waals surface area contributed by atoms with Crippen LogP contribution in [0.3, 0.4) is 0 Å². The van der Waals surface area contributed by atoms with Crippen molar-refractivity contribution >= 4 is 40.6 Å².